The number of nitrogens with zero attached hydrogens (tertiary/aromatic N) is 3. The summed E-state index contributed by atoms with van der Waals surface area (Å²) in [7, 11) is 1.52. The number of fused-ring (bicyclic) bond motifs is 2. The number of ether oxygens (including phenoxy) is 2. The number of aliphatic hydroxyl groups excluding tert-OH is 1. The molecule has 0 saturated heterocycles. The third-order valence-electron chi connectivity index (χ3n) is 4.79. The zero-order valence-corrected chi connectivity index (χ0v) is 15.1. The van der Waals surface area contributed by atoms with Crippen molar-refractivity contribution >= 4 is 16.7 Å². The Hall–Kier alpha value is -3.06. The van der Waals surface area contributed by atoms with Crippen molar-refractivity contribution in [3.05, 3.63) is 47.8 Å². The Morgan fingerprint density at radius 2 is 2.04 bits per heavy atom. The van der Waals surface area contributed by atoms with Gasteiger partial charge in [-0.25, -0.2) is 9.97 Å². The number of phenols is 1. The molecule has 2 aromatic carbocycles. The summed E-state index contributed by atoms with van der Waals surface area (Å²) in [5.74, 6) is 2.10. The van der Waals surface area contributed by atoms with Crippen LogP contribution >= 0.6 is 0 Å². The number of hydrogen-bond acceptors (Lipinski definition) is 7. The molecule has 28 heavy (non-hydrogen) atoms. The summed E-state index contributed by atoms with van der Waals surface area (Å²) < 4.78 is 10.9. The molecule has 2 heterocycles. The molecule has 0 fully saturated rings. The Labute approximate surface area is 164 Å². The van der Waals surface area contributed by atoms with Gasteiger partial charge in [-0.2, -0.15) is 0 Å². The lowest BCUT2D eigenvalue weighted by Gasteiger charge is -2.31. The Morgan fingerprint density at radius 1 is 1.18 bits per heavy atom. The second-order valence-electron chi connectivity index (χ2n) is 6.38. The van der Waals surface area contributed by atoms with Crippen LogP contribution in [0.15, 0.2) is 36.7 Å². The Kier molecular flexibility index (Phi) is 5.84. The Bertz CT molecular complexity index is 977. The minimum Gasteiger partial charge on any atom is -0.504 e. The van der Waals surface area contributed by atoms with Crippen LogP contribution in [-0.4, -0.2) is 47.0 Å². The summed E-state index contributed by atoms with van der Waals surface area (Å²) >= 11 is 0. The average Bonchev–Trinajstić information content (AvgIpc) is 2.70. The van der Waals surface area contributed by atoms with Crippen LogP contribution in [-0.2, 0) is 13.0 Å². The minimum atomic E-state index is -0.00258. The number of aromatic nitrogens is 2. The number of phenolic OH excluding ortho intramolecular Hbond substituents is 1. The van der Waals surface area contributed by atoms with Gasteiger partial charge in [0.25, 0.3) is 0 Å². The summed E-state index contributed by atoms with van der Waals surface area (Å²) in [5, 5.41) is 19.9. The summed E-state index contributed by atoms with van der Waals surface area (Å²) in [6.45, 7) is 1.76. The predicted molar refractivity (Wildman–Crippen MR) is 108 cm³/mol. The van der Waals surface area contributed by atoms with E-state index in [2.05, 4.69) is 20.9 Å². The van der Waals surface area contributed by atoms with Gasteiger partial charge in [0.2, 0.25) is 0 Å². The highest BCUT2D eigenvalue weighted by Crippen LogP contribution is 2.36. The number of benzene rings is 2. The first-order valence-corrected chi connectivity index (χ1v) is 8.82. The molecule has 4 rings (SSSR count). The molecule has 0 aliphatic carbocycles. The van der Waals surface area contributed by atoms with Crippen LogP contribution in [0.3, 0.4) is 0 Å². The van der Waals surface area contributed by atoms with E-state index in [0.29, 0.717) is 24.4 Å². The first kappa shape index (κ1) is 19.7. The highest BCUT2D eigenvalue weighted by atomic mass is 16.5. The molecule has 0 saturated carbocycles. The lowest BCUT2D eigenvalue weighted by atomic mass is 9.98. The first-order chi connectivity index (χ1) is 13.2. The van der Waals surface area contributed by atoms with Crippen LogP contribution in [0.1, 0.15) is 18.6 Å². The fraction of sp³-hybridized carbons (Fsp3) is 0.333. The van der Waals surface area contributed by atoms with Crippen LogP contribution in [0.4, 0.5) is 5.82 Å². The molecule has 7 nitrogen and oxygen atoms in total. The standard InChI is InChI=1S/C20H21N3O4.CH4/c1-26-19-9-15-16(10-17(19)25)21-12-22-20(15)23-6-5-14-13(11-23)3-2-4-18(14)27-8-7-24;/h2-4,9-10,12,24-25H,5-8,11H2,1H3;1H4. The molecule has 1 aromatic heterocycles. The van der Waals surface area contributed by atoms with Gasteiger partial charge >= 0.3 is 0 Å². The molecule has 1 aliphatic rings. The molecule has 0 amide bonds. The molecular formula is C21H25N3O4. The molecule has 0 atom stereocenters. The first-order valence-electron chi connectivity index (χ1n) is 8.82. The van der Waals surface area contributed by atoms with Gasteiger partial charge in [0.1, 0.15) is 24.5 Å². The van der Waals surface area contributed by atoms with Crippen LogP contribution in [0.25, 0.3) is 10.9 Å². The Balaban J connectivity index is 0.00000225. The monoisotopic (exact) mass is 383 g/mol. The number of rotatable bonds is 5. The van der Waals surface area contributed by atoms with Gasteiger partial charge in [-0.15, -0.1) is 0 Å². The van der Waals surface area contributed by atoms with Gasteiger partial charge in [-0.1, -0.05) is 19.6 Å². The van der Waals surface area contributed by atoms with Gasteiger partial charge < -0.3 is 24.6 Å². The van der Waals surface area contributed by atoms with E-state index in [1.165, 1.54) is 24.6 Å². The number of aliphatic hydroxyl groups is 1. The fourth-order valence-corrected chi connectivity index (χ4v) is 3.52. The van der Waals surface area contributed by atoms with E-state index in [4.69, 9.17) is 14.6 Å². The van der Waals surface area contributed by atoms with Gasteiger partial charge in [-0.3, -0.25) is 0 Å². The van der Waals surface area contributed by atoms with Crippen molar-refractivity contribution in [1.82, 2.24) is 9.97 Å². The quantitative estimate of drug-likeness (QED) is 0.700. The van der Waals surface area contributed by atoms with E-state index in [0.717, 1.165) is 29.9 Å². The number of methoxy groups -OCH3 is 1. The average molecular weight is 383 g/mol. The van der Waals surface area contributed by atoms with Crippen molar-refractivity contribution in [2.75, 3.05) is 31.8 Å². The van der Waals surface area contributed by atoms with E-state index in [1.807, 2.05) is 12.1 Å². The fourth-order valence-electron chi connectivity index (χ4n) is 3.52. The molecule has 0 radical (unpaired) electrons. The zero-order chi connectivity index (χ0) is 18.8. The van der Waals surface area contributed by atoms with Crippen molar-refractivity contribution in [3.63, 3.8) is 0 Å². The maximum atomic E-state index is 10.0. The van der Waals surface area contributed by atoms with Gasteiger partial charge in [-0.05, 0) is 24.1 Å². The van der Waals surface area contributed by atoms with Crippen LogP contribution in [0.5, 0.6) is 17.2 Å². The molecule has 1 aliphatic heterocycles. The van der Waals surface area contributed by atoms with Gasteiger partial charge in [0.15, 0.2) is 11.5 Å². The summed E-state index contributed by atoms with van der Waals surface area (Å²) in [6.07, 6.45) is 2.33. The van der Waals surface area contributed by atoms with Crippen molar-refractivity contribution in [3.8, 4) is 17.2 Å². The second kappa shape index (κ2) is 8.31. The minimum absolute atomic E-state index is 0. The maximum absolute atomic E-state index is 10.0. The lowest BCUT2D eigenvalue weighted by molar-refractivity contribution is 0.200. The van der Waals surface area contributed by atoms with Crippen molar-refractivity contribution < 1.29 is 19.7 Å². The number of hydrogen-bond donors (Lipinski definition) is 2. The SMILES string of the molecule is C.COc1cc2c(N3CCc4c(cccc4OCCO)C3)ncnc2cc1O. The normalized spacial score (nSPS) is 13.0. The van der Waals surface area contributed by atoms with E-state index in [1.54, 1.807) is 12.1 Å². The van der Waals surface area contributed by atoms with Crippen LogP contribution in [0.2, 0.25) is 0 Å². The zero-order valence-electron chi connectivity index (χ0n) is 15.1. The number of anilines is 1. The number of aromatic hydroxyl groups is 1. The summed E-state index contributed by atoms with van der Waals surface area (Å²) in [5.41, 5.74) is 3.02. The molecule has 2 N–H and O–H groups in total. The molecule has 3 aromatic rings. The molecule has 0 bridgehead atoms. The van der Waals surface area contributed by atoms with Gasteiger partial charge in [0.05, 0.1) is 19.2 Å². The molecule has 7 heteroatoms. The largest absolute Gasteiger partial charge is 0.504 e. The van der Waals surface area contributed by atoms with E-state index in [-0.39, 0.29) is 19.8 Å². The summed E-state index contributed by atoms with van der Waals surface area (Å²) in [6, 6.07) is 9.36. The van der Waals surface area contributed by atoms with Crippen molar-refractivity contribution in [2.24, 2.45) is 0 Å². The third-order valence-corrected chi connectivity index (χ3v) is 4.79. The van der Waals surface area contributed by atoms with E-state index in [9.17, 15) is 5.11 Å². The molecular weight excluding hydrogens is 358 g/mol. The highest BCUT2D eigenvalue weighted by molar-refractivity contribution is 5.92. The maximum Gasteiger partial charge on any atom is 0.161 e. The molecule has 0 unspecified atom stereocenters. The van der Waals surface area contributed by atoms with Crippen molar-refractivity contribution in [2.45, 2.75) is 20.4 Å². The van der Waals surface area contributed by atoms with Crippen LogP contribution < -0.4 is 14.4 Å². The van der Waals surface area contributed by atoms with E-state index < -0.39 is 0 Å². The van der Waals surface area contributed by atoms with Gasteiger partial charge in [0, 0.05) is 30.1 Å². The topological polar surface area (TPSA) is 87.9 Å². The predicted octanol–water partition coefficient (Wildman–Crippen LogP) is 2.91. The van der Waals surface area contributed by atoms with Crippen molar-refractivity contribution in [1.29, 1.82) is 0 Å². The smallest absolute Gasteiger partial charge is 0.161 e. The Morgan fingerprint density at radius 3 is 2.82 bits per heavy atom. The second-order valence-corrected chi connectivity index (χ2v) is 6.38. The summed E-state index contributed by atoms with van der Waals surface area (Å²) in [4.78, 5) is 11.0. The van der Waals surface area contributed by atoms with Crippen LogP contribution in [0, 0.1) is 0 Å². The van der Waals surface area contributed by atoms with E-state index >= 15 is 0 Å². The third kappa shape index (κ3) is 3.53. The highest BCUT2D eigenvalue weighted by Gasteiger charge is 2.22. The lowest BCUT2D eigenvalue weighted by Crippen LogP contribution is -2.31. The molecule has 148 valence electrons. The molecule has 0 spiro atoms.